The van der Waals surface area contributed by atoms with Crippen molar-refractivity contribution in [3.05, 3.63) is 46.8 Å². The molecule has 4 rings (SSSR count). The summed E-state index contributed by atoms with van der Waals surface area (Å²) in [4.78, 5) is 11.8. The number of nitrogens with zero attached hydrogens (tertiary/aromatic N) is 3. The average molecular weight is 381 g/mol. The van der Waals surface area contributed by atoms with Gasteiger partial charge in [0.1, 0.15) is 11.7 Å². The number of carbonyl (C=O) groups excluding carboxylic acids is 1. The van der Waals surface area contributed by atoms with Crippen molar-refractivity contribution in [3.63, 3.8) is 0 Å². The molecule has 27 heavy (non-hydrogen) atoms. The molecule has 1 aromatic heterocycles. The van der Waals surface area contributed by atoms with Crippen LogP contribution in [-0.2, 0) is 22.3 Å². The first kappa shape index (κ1) is 17.9. The summed E-state index contributed by atoms with van der Waals surface area (Å²) in [6.07, 6.45) is -4.33. The molecule has 7 nitrogen and oxygen atoms in total. The molecule has 2 aliphatic rings. The van der Waals surface area contributed by atoms with Gasteiger partial charge in [0.2, 0.25) is 5.91 Å². The Morgan fingerprint density at radius 1 is 1.26 bits per heavy atom. The van der Waals surface area contributed by atoms with Crippen molar-refractivity contribution in [1.29, 1.82) is 0 Å². The standard InChI is InChI=1S/C17H18F3N5O2/c1-9-21-12(6-15(26)22-9)16-14-8-27-7-13(25(14)24-23-16)10-2-4-11(5-3-10)17(18,19)20/h2-5,9,12-13,21H,6-8H2,1H3,(H,22,26). The highest BCUT2D eigenvalue weighted by Gasteiger charge is 2.34. The molecule has 0 bridgehead atoms. The predicted molar refractivity (Wildman–Crippen MR) is 87.4 cm³/mol. The summed E-state index contributed by atoms with van der Waals surface area (Å²) in [6.45, 7) is 2.41. The third-order valence-electron chi connectivity index (χ3n) is 4.80. The number of aromatic nitrogens is 3. The summed E-state index contributed by atoms with van der Waals surface area (Å²) in [6, 6.07) is 4.31. The summed E-state index contributed by atoms with van der Waals surface area (Å²) < 4.78 is 45.7. The molecule has 2 aromatic rings. The third-order valence-corrected chi connectivity index (χ3v) is 4.80. The number of hydrogen-bond acceptors (Lipinski definition) is 5. The van der Waals surface area contributed by atoms with Gasteiger partial charge in [-0.25, -0.2) is 4.68 Å². The highest BCUT2D eigenvalue weighted by Crippen LogP contribution is 2.33. The van der Waals surface area contributed by atoms with E-state index in [0.29, 0.717) is 11.3 Å². The maximum absolute atomic E-state index is 12.8. The molecule has 2 aliphatic heterocycles. The number of fused-ring (bicyclic) bond motifs is 1. The SMILES string of the molecule is CC1NC(=O)CC(c2nnn3c2COCC3c2ccc(C(F)(F)F)cc2)N1. The highest BCUT2D eigenvalue weighted by atomic mass is 19.4. The van der Waals surface area contributed by atoms with Crippen LogP contribution < -0.4 is 10.6 Å². The lowest BCUT2D eigenvalue weighted by Crippen LogP contribution is -2.51. The van der Waals surface area contributed by atoms with Gasteiger partial charge in [0, 0.05) is 6.42 Å². The number of benzene rings is 1. The average Bonchev–Trinajstić information content (AvgIpc) is 3.04. The van der Waals surface area contributed by atoms with Crippen molar-refractivity contribution in [2.75, 3.05) is 6.61 Å². The van der Waals surface area contributed by atoms with Crippen LogP contribution in [0.4, 0.5) is 13.2 Å². The molecule has 0 saturated carbocycles. The Morgan fingerprint density at radius 2 is 2.00 bits per heavy atom. The molecule has 3 atom stereocenters. The van der Waals surface area contributed by atoms with Gasteiger partial charge in [-0.3, -0.25) is 10.1 Å². The molecular formula is C17H18F3N5O2. The van der Waals surface area contributed by atoms with Gasteiger partial charge in [-0.2, -0.15) is 13.2 Å². The van der Waals surface area contributed by atoms with Crippen molar-refractivity contribution >= 4 is 5.91 Å². The monoisotopic (exact) mass is 381 g/mol. The van der Waals surface area contributed by atoms with Crippen LogP contribution in [0.25, 0.3) is 0 Å². The van der Waals surface area contributed by atoms with Crippen LogP contribution in [0.3, 0.4) is 0 Å². The number of alkyl halides is 3. The van der Waals surface area contributed by atoms with Gasteiger partial charge >= 0.3 is 6.18 Å². The highest BCUT2D eigenvalue weighted by molar-refractivity contribution is 5.77. The van der Waals surface area contributed by atoms with Gasteiger partial charge < -0.3 is 10.1 Å². The zero-order valence-electron chi connectivity index (χ0n) is 14.5. The zero-order valence-corrected chi connectivity index (χ0v) is 14.5. The van der Waals surface area contributed by atoms with Crippen molar-refractivity contribution in [2.45, 2.75) is 44.4 Å². The van der Waals surface area contributed by atoms with Crippen LogP contribution in [-0.4, -0.2) is 33.7 Å². The number of amides is 1. The molecule has 1 saturated heterocycles. The first-order chi connectivity index (χ1) is 12.8. The predicted octanol–water partition coefficient (Wildman–Crippen LogP) is 1.91. The Morgan fingerprint density at radius 3 is 2.67 bits per heavy atom. The number of halogens is 3. The fraction of sp³-hybridized carbons (Fsp3) is 0.471. The van der Waals surface area contributed by atoms with Crippen LogP contribution in [0, 0.1) is 0 Å². The molecular weight excluding hydrogens is 363 g/mol. The molecule has 144 valence electrons. The van der Waals surface area contributed by atoms with Crippen molar-refractivity contribution in [2.24, 2.45) is 0 Å². The van der Waals surface area contributed by atoms with E-state index in [2.05, 4.69) is 20.9 Å². The molecule has 0 spiro atoms. The molecule has 2 N–H and O–H groups in total. The number of hydrogen-bond donors (Lipinski definition) is 2. The maximum Gasteiger partial charge on any atom is 0.416 e. The minimum atomic E-state index is -4.38. The van der Waals surface area contributed by atoms with Gasteiger partial charge in [-0.1, -0.05) is 17.3 Å². The van der Waals surface area contributed by atoms with Gasteiger partial charge in [0.25, 0.3) is 0 Å². The molecule has 0 radical (unpaired) electrons. The Balaban J connectivity index is 1.63. The topological polar surface area (TPSA) is 81.1 Å². The summed E-state index contributed by atoms with van der Waals surface area (Å²) >= 11 is 0. The lowest BCUT2D eigenvalue weighted by Gasteiger charge is -2.30. The lowest BCUT2D eigenvalue weighted by molar-refractivity contribution is -0.137. The van der Waals surface area contributed by atoms with Crippen LogP contribution in [0.15, 0.2) is 24.3 Å². The third kappa shape index (κ3) is 3.42. The Bertz CT molecular complexity index is 849. The fourth-order valence-corrected chi connectivity index (χ4v) is 3.52. The first-order valence-electron chi connectivity index (χ1n) is 8.57. The summed E-state index contributed by atoms with van der Waals surface area (Å²) in [5, 5.41) is 14.5. The van der Waals surface area contributed by atoms with Crippen LogP contribution in [0.2, 0.25) is 0 Å². The molecule has 3 unspecified atom stereocenters. The van der Waals surface area contributed by atoms with Crippen LogP contribution in [0.1, 0.15) is 47.9 Å². The molecule has 1 fully saturated rings. The van der Waals surface area contributed by atoms with E-state index >= 15 is 0 Å². The number of rotatable bonds is 2. The van der Waals surface area contributed by atoms with E-state index in [0.717, 1.165) is 17.8 Å². The second-order valence-corrected chi connectivity index (χ2v) is 6.73. The van der Waals surface area contributed by atoms with Crippen molar-refractivity contribution in [3.8, 4) is 0 Å². The number of nitrogens with one attached hydrogen (secondary N) is 2. The molecule has 3 heterocycles. The van der Waals surface area contributed by atoms with Gasteiger partial charge in [0.15, 0.2) is 0 Å². The molecule has 1 aromatic carbocycles. The fourth-order valence-electron chi connectivity index (χ4n) is 3.52. The number of ether oxygens (including phenoxy) is 1. The number of carbonyl (C=O) groups is 1. The summed E-state index contributed by atoms with van der Waals surface area (Å²) in [5.74, 6) is -0.0796. The van der Waals surface area contributed by atoms with Crippen LogP contribution in [0.5, 0.6) is 0 Å². The molecule has 1 amide bonds. The maximum atomic E-state index is 12.8. The van der Waals surface area contributed by atoms with Gasteiger partial charge in [-0.15, -0.1) is 5.10 Å². The molecule has 0 aliphatic carbocycles. The van der Waals surface area contributed by atoms with E-state index in [1.54, 1.807) is 4.68 Å². The van der Waals surface area contributed by atoms with Crippen LogP contribution >= 0.6 is 0 Å². The Hall–Kier alpha value is -2.46. The van der Waals surface area contributed by atoms with E-state index in [4.69, 9.17) is 4.74 Å². The van der Waals surface area contributed by atoms with E-state index in [1.807, 2.05) is 6.92 Å². The second-order valence-electron chi connectivity index (χ2n) is 6.73. The van der Waals surface area contributed by atoms with E-state index in [9.17, 15) is 18.0 Å². The largest absolute Gasteiger partial charge is 0.416 e. The second kappa shape index (κ2) is 6.61. The quantitative estimate of drug-likeness (QED) is 0.831. The van der Waals surface area contributed by atoms with Crippen molar-refractivity contribution < 1.29 is 22.7 Å². The minimum Gasteiger partial charge on any atom is -0.373 e. The Kier molecular flexibility index (Phi) is 4.39. The summed E-state index contributed by atoms with van der Waals surface area (Å²) in [7, 11) is 0. The Labute approximate surface area is 152 Å². The smallest absolute Gasteiger partial charge is 0.373 e. The summed E-state index contributed by atoms with van der Waals surface area (Å²) in [5.41, 5.74) is 1.32. The van der Waals surface area contributed by atoms with E-state index in [-0.39, 0.29) is 43.8 Å². The zero-order chi connectivity index (χ0) is 19.2. The van der Waals surface area contributed by atoms with Crippen molar-refractivity contribution in [1.82, 2.24) is 25.6 Å². The lowest BCUT2D eigenvalue weighted by atomic mass is 10.0. The van der Waals surface area contributed by atoms with E-state index < -0.39 is 11.7 Å². The van der Waals surface area contributed by atoms with E-state index in [1.165, 1.54) is 12.1 Å². The first-order valence-corrected chi connectivity index (χ1v) is 8.57. The minimum absolute atomic E-state index is 0.0796. The van der Waals surface area contributed by atoms with Gasteiger partial charge in [-0.05, 0) is 24.6 Å². The normalized spacial score (nSPS) is 25.8. The van der Waals surface area contributed by atoms with Gasteiger partial charge in [0.05, 0.1) is 36.7 Å². The molecule has 10 heteroatoms.